The molecule has 0 radical (unpaired) electrons. The van der Waals surface area contributed by atoms with Crippen molar-refractivity contribution in [2.24, 2.45) is 0 Å². The van der Waals surface area contributed by atoms with Crippen LogP contribution in [0.4, 0.5) is 5.69 Å². The second kappa shape index (κ2) is 8.67. The van der Waals surface area contributed by atoms with Crippen molar-refractivity contribution in [2.45, 2.75) is 26.4 Å². The molecule has 5 nitrogen and oxygen atoms in total. The molecule has 3 aromatic rings. The van der Waals surface area contributed by atoms with Gasteiger partial charge in [0.15, 0.2) is 0 Å². The van der Waals surface area contributed by atoms with Gasteiger partial charge in [0.05, 0.1) is 6.10 Å². The SMILES string of the molecule is Cc1cc(C)cc(NC(=O)C(=O)NCCC(O)c2cccc3ccccc23)c1. The molecule has 3 N–H and O–H groups in total. The van der Waals surface area contributed by atoms with Crippen molar-refractivity contribution >= 4 is 28.3 Å². The van der Waals surface area contributed by atoms with Crippen LogP contribution < -0.4 is 10.6 Å². The predicted molar refractivity (Wildman–Crippen MR) is 111 cm³/mol. The van der Waals surface area contributed by atoms with E-state index in [2.05, 4.69) is 10.6 Å². The number of aliphatic hydroxyl groups is 1. The molecule has 5 heteroatoms. The van der Waals surface area contributed by atoms with Crippen LogP contribution in [0.5, 0.6) is 0 Å². The van der Waals surface area contributed by atoms with Gasteiger partial charge in [-0.25, -0.2) is 0 Å². The summed E-state index contributed by atoms with van der Waals surface area (Å²) in [6.45, 7) is 4.05. The highest BCUT2D eigenvalue weighted by atomic mass is 16.3. The third-order valence-corrected chi connectivity index (χ3v) is 4.57. The highest BCUT2D eigenvalue weighted by Gasteiger charge is 2.16. The van der Waals surface area contributed by atoms with E-state index in [1.54, 1.807) is 0 Å². The molecule has 1 atom stereocenters. The quantitative estimate of drug-likeness (QED) is 0.595. The molecule has 3 aromatic carbocycles. The summed E-state index contributed by atoms with van der Waals surface area (Å²) in [4.78, 5) is 24.1. The van der Waals surface area contributed by atoms with Crippen LogP contribution in [0.25, 0.3) is 10.8 Å². The van der Waals surface area contributed by atoms with E-state index in [1.807, 2.05) is 74.5 Å². The molecule has 0 bridgehead atoms. The monoisotopic (exact) mass is 376 g/mol. The normalized spacial score (nSPS) is 11.8. The van der Waals surface area contributed by atoms with E-state index in [0.29, 0.717) is 12.1 Å². The molecule has 0 saturated heterocycles. The van der Waals surface area contributed by atoms with Gasteiger partial charge in [-0.2, -0.15) is 0 Å². The van der Waals surface area contributed by atoms with E-state index >= 15 is 0 Å². The van der Waals surface area contributed by atoms with Gasteiger partial charge in [-0.15, -0.1) is 0 Å². The molecule has 0 aromatic heterocycles. The number of fused-ring (bicyclic) bond motifs is 1. The molecule has 0 spiro atoms. The molecule has 0 fully saturated rings. The van der Waals surface area contributed by atoms with Gasteiger partial charge in [0.2, 0.25) is 0 Å². The van der Waals surface area contributed by atoms with Crippen LogP contribution in [-0.4, -0.2) is 23.5 Å². The first kappa shape index (κ1) is 19.6. The molecule has 0 aliphatic rings. The van der Waals surface area contributed by atoms with E-state index in [0.717, 1.165) is 27.5 Å². The van der Waals surface area contributed by atoms with Gasteiger partial charge in [-0.05, 0) is 59.9 Å². The number of carbonyl (C=O) groups excluding carboxylic acids is 2. The summed E-state index contributed by atoms with van der Waals surface area (Å²) in [6, 6.07) is 19.2. The number of aliphatic hydroxyl groups excluding tert-OH is 1. The fourth-order valence-corrected chi connectivity index (χ4v) is 3.33. The average Bonchev–Trinajstić information content (AvgIpc) is 2.66. The number of amides is 2. The van der Waals surface area contributed by atoms with Gasteiger partial charge >= 0.3 is 11.8 Å². The molecule has 0 aliphatic carbocycles. The van der Waals surface area contributed by atoms with Crippen molar-refractivity contribution in [3.05, 3.63) is 77.4 Å². The Balaban J connectivity index is 1.55. The number of anilines is 1. The van der Waals surface area contributed by atoms with Crippen molar-refractivity contribution in [1.29, 1.82) is 0 Å². The molecule has 0 saturated carbocycles. The standard InChI is InChI=1S/C23H24N2O3/c1-15-12-16(2)14-18(13-15)25-23(28)22(27)24-11-10-21(26)20-9-5-7-17-6-3-4-8-19(17)20/h3-9,12-14,21,26H,10-11H2,1-2H3,(H,24,27)(H,25,28). The lowest BCUT2D eigenvalue weighted by molar-refractivity contribution is -0.136. The highest BCUT2D eigenvalue weighted by Crippen LogP contribution is 2.25. The summed E-state index contributed by atoms with van der Waals surface area (Å²) in [5, 5.41) is 17.7. The number of benzene rings is 3. The van der Waals surface area contributed by atoms with Crippen LogP contribution in [0, 0.1) is 13.8 Å². The van der Waals surface area contributed by atoms with Crippen LogP contribution in [0.3, 0.4) is 0 Å². The highest BCUT2D eigenvalue weighted by molar-refractivity contribution is 6.39. The maximum Gasteiger partial charge on any atom is 0.313 e. The van der Waals surface area contributed by atoms with Crippen LogP contribution in [0.2, 0.25) is 0 Å². The zero-order valence-electron chi connectivity index (χ0n) is 16.0. The Kier molecular flexibility index (Phi) is 6.06. The fourth-order valence-electron chi connectivity index (χ4n) is 3.33. The smallest absolute Gasteiger partial charge is 0.313 e. The Labute approximate surface area is 164 Å². The van der Waals surface area contributed by atoms with Gasteiger partial charge in [-0.3, -0.25) is 9.59 Å². The van der Waals surface area contributed by atoms with Crippen LogP contribution in [-0.2, 0) is 9.59 Å². The third-order valence-electron chi connectivity index (χ3n) is 4.57. The lowest BCUT2D eigenvalue weighted by Crippen LogP contribution is -2.36. The Morgan fingerprint density at radius 1 is 0.929 bits per heavy atom. The van der Waals surface area contributed by atoms with Crippen molar-refractivity contribution in [3.8, 4) is 0 Å². The zero-order chi connectivity index (χ0) is 20.1. The minimum Gasteiger partial charge on any atom is -0.388 e. The predicted octanol–water partition coefficient (Wildman–Crippen LogP) is 3.64. The number of hydrogen-bond acceptors (Lipinski definition) is 3. The van der Waals surface area contributed by atoms with Crippen molar-refractivity contribution in [3.63, 3.8) is 0 Å². The van der Waals surface area contributed by atoms with Crippen LogP contribution >= 0.6 is 0 Å². The fraction of sp³-hybridized carbons (Fsp3) is 0.217. The maximum absolute atomic E-state index is 12.1. The number of rotatable bonds is 5. The topological polar surface area (TPSA) is 78.4 Å². The van der Waals surface area contributed by atoms with E-state index < -0.39 is 17.9 Å². The number of aryl methyl sites for hydroxylation is 2. The lowest BCUT2D eigenvalue weighted by Gasteiger charge is -2.14. The lowest BCUT2D eigenvalue weighted by atomic mass is 9.99. The zero-order valence-corrected chi connectivity index (χ0v) is 16.0. The Hall–Kier alpha value is -3.18. The summed E-state index contributed by atoms with van der Waals surface area (Å²) in [5.74, 6) is -1.44. The largest absolute Gasteiger partial charge is 0.388 e. The van der Waals surface area contributed by atoms with Gasteiger partial charge in [0, 0.05) is 12.2 Å². The Morgan fingerprint density at radius 3 is 2.36 bits per heavy atom. The minimum atomic E-state index is -0.728. The first-order chi connectivity index (χ1) is 13.4. The van der Waals surface area contributed by atoms with Gasteiger partial charge in [0.1, 0.15) is 0 Å². The van der Waals surface area contributed by atoms with Crippen LogP contribution in [0.15, 0.2) is 60.7 Å². The first-order valence-electron chi connectivity index (χ1n) is 9.27. The molecule has 28 heavy (non-hydrogen) atoms. The average molecular weight is 376 g/mol. The summed E-state index contributed by atoms with van der Waals surface area (Å²) in [5.41, 5.74) is 3.42. The van der Waals surface area contributed by atoms with E-state index in [1.165, 1.54) is 0 Å². The van der Waals surface area contributed by atoms with Crippen molar-refractivity contribution in [2.75, 3.05) is 11.9 Å². The molecular formula is C23H24N2O3. The van der Waals surface area contributed by atoms with E-state index in [9.17, 15) is 14.7 Å². The Bertz CT molecular complexity index is 988. The number of nitrogens with one attached hydrogen (secondary N) is 2. The van der Waals surface area contributed by atoms with Gasteiger partial charge < -0.3 is 15.7 Å². The third kappa shape index (κ3) is 4.75. The summed E-state index contributed by atoms with van der Waals surface area (Å²) in [7, 11) is 0. The van der Waals surface area contributed by atoms with Gasteiger partial charge in [-0.1, -0.05) is 48.5 Å². The second-order valence-corrected chi connectivity index (χ2v) is 6.96. The van der Waals surface area contributed by atoms with Crippen molar-refractivity contribution in [1.82, 2.24) is 5.32 Å². The first-order valence-corrected chi connectivity index (χ1v) is 9.27. The molecule has 0 heterocycles. The van der Waals surface area contributed by atoms with Gasteiger partial charge in [0.25, 0.3) is 0 Å². The van der Waals surface area contributed by atoms with E-state index in [4.69, 9.17) is 0 Å². The molecule has 0 aliphatic heterocycles. The van der Waals surface area contributed by atoms with E-state index in [-0.39, 0.29) is 6.54 Å². The number of hydrogen-bond donors (Lipinski definition) is 3. The Morgan fingerprint density at radius 2 is 1.61 bits per heavy atom. The maximum atomic E-state index is 12.1. The summed E-state index contributed by atoms with van der Waals surface area (Å²) < 4.78 is 0. The molecule has 2 amide bonds. The van der Waals surface area contributed by atoms with Crippen molar-refractivity contribution < 1.29 is 14.7 Å². The minimum absolute atomic E-state index is 0.198. The second-order valence-electron chi connectivity index (χ2n) is 6.96. The van der Waals surface area contributed by atoms with Crippen LogP contribution in [0.1, 0.15) is 29.2 Å². The molecule has 144 valence electrons. The summed E-state index contributed by atoms with van der Waals surface area (Å²) in [6.07, 6.45) is -0.412. The number of carbonyl (C=O) groups is 2. The molecular weight excluding hydrogens is 352 g/mol. The molecule has 3 rings (SSSR count). The molecule has 1 unspecified atom stereocenters. The summed E-state index contributed by atoms with van der Waals surface area (Å²) >= 11 is 0.